The second kappa shape index (κ2) is 6.22. The number of hydrogen-bond donors (Lipinski definition) is 1. The summed E-state index contributed by atoms with van der Waals surface area (Å²) in [5.41, 5.74) is 1.03. The van der Waals surface area contributed by atoms with E-state index >= 15 is 0 Å². The molecule has 0 aromatic heterocycles. The van der Waals surface area contributed by atoms with Crippen LogP contribution < -0.4 is 5.32 Å². The summed E-state index contributed by atoms with van der Waals surface area (Å²) in [6.45, 7) is 3.86. The number of carbonyl (C=O) groups excluding carboxylic acids is 1. The van der Waals surface area contributed by atoms with Crippen molar-refractivity contribution in [3.05, 3.63) is 33.3 Å². The second-order valence-corrected chi connectivity index (χ2v) is 6.79. The van der Waals surface area contributed by atoms with E-state index in [1.54, 1.807) is 12.1 Å². The molecule has 0 aliphatic carbocycles. The fourth-order valence-electron chi connectivity index (χ4n) is 3.06. The first-order chi connectivity index (χ1) is 9.10. The fourth-order valence-corrected chi connectivity index (χ4v) is 3.56. The number of benzene rings is 1. The topological polar surface area (TPSA) is 32.3 Å². The van der Waals surface area contributed by atoms with Crippen LogP contribution in [0, 0.1) is 5.41 Å². The van der Waals surface area contributed by atoms with Gasteiger partial charge in [0.25, 0.3) is 5.91 Å². The molecule has 1 spiro atoms. The molecule has 3 rings (SSSR count). The summed E-state index contributed by atoms with van der Waals surface area (Å²) in [4.78, 5) is 14.5. The minimum absolute atomic E-state index is 0. The lowest BCUT2D eigenvalue weighted by Gasteiger charge is -2.22. The molecule has 2 heterocycles. The Hall–Kier alpha value is -0.290. The molecule has 1 N–H and O–H groups in total. The molecule has 1 aromatic carbocycles. The summed E-state index contributed by atoms with van der Waals surface area (Å²) >= 11 is 9.33. The first-order valence-electron chi connectivity index (χ1n) is 6.55. The highest BCUT2D eigenvalue weighted by Crippen LogP contribution is 2.36. The van der Waals surface area contributed by atoms with Gasteiger partial charge in [0.2, 0.25) is 0 Å². The van der Waals surface area contributed by atoms with E-state index in [0.717, 1.165) is 37.1 Å². The quantitative estimate of drug-likeness (QED) is 0.811. The molecule has 2 saturated heterocycles. The van der Waals surface area contributed by atoms with Crippen molar-refractivity contribution in [2.45, 2.75) is 12.8 Å². The lowest BCUT2D eigenvalue weighted by Crippen LogP contribution is -2.33. The third kappa shape index (κ3) is 2.98. The molecule has 110 valence electrons. The summed E-state index contributed by atoms with van der Waals surface area (Å²) in [7, 11) is 0. The van der Waals surface area contributed by atoms with Crippen LogP contribution in [-0.4, -0.2) is 37.0 Å². The molecule has 1 amide bonds. The predicted molar refractivity (Wildman–Crippen MR) is 86.8 cm³/mol. The van der Waals surface area contributed by atoms with Crippen LogP contribution in [-0.2, 0) is 0 Å². The lowest BCUT2D eigenvalue weighted by molar-refractivity contribution is 0.0775. The number of nitrogens with one attached hydrogen (secondary N) is 1. The van der Waals surface area contributed by atoms with Gasteiger partial charge in [-0.05, 0) is 53.5 Å². The zero-order valence-corrected chi connectivity index (χ0v) is 14.2. The summed E-state index contributed by atoms with van der Waals surface area (Å²) in [5, 5.41) is 4.04. The Labute approximate surface area is 138 Å². The van der Waals surface area contributed by atoms with Gasteiger partial charge in [-0.2, -0.15) is 0 Å². The Bertz CT molecular complexity index is 518. The minimum Gasteiger partial charge on any atom is -0.338 e. The van der Waals surface area contributed by atoms with Crippen LogP contribution in [0.5, 0.6) is 0 Å². The number of carbonyl (C=O) groups is 1. The van der Waals surface area contributed by atoms with Crippen LogP contribution >= 0.6 is 39.9 Å². The van der Waals surface area contributed by atoms with Crippen LogP contribution in [0.1, 0.15) is 23.2 Å². The molecule has 1 aromatic rings. The van der Waals surface area contributed by atoms with Gasteiger partial charge >= 0.3 is 0 Å². The zero-order valence-electron chi connectivity index (χ0n) is 11.0. The molecule has 1 atom stereocenters. The first-order valence-corrected chi connectivity index (χ1v) is 7.72. The number of halogens is 3. The maximum absolute atomic E-state index is 12.5. The second-order valence-electron chi connectivity index (χ2n) is 5.53. The maximum atomic E-state index is 12.5. The van der Waals surface area contributed by atoms with Gasteiger partial charge in [0.15, 0.2) is 0 Å². The van der Waals surface area contributed by atoms with E-state index in [1.807, 2.05) is 11.0 Å². The molecule has 0 bridgehead atoms. The smallest absolute Gasteiger partial charge is 0.253 e. The van der Waals surface area contributed by atoms with E-state index in [9.17, 15) is 4.79 Å². The van der Waals surface area contributed by atoms with E-state index in [1.165, 1.54) is 6.42 Å². The Morgan fingerprint density at radius 2 is 2.20 bits per heavy atom. The van der Waals surface area contributed by atoms with Crippen molar-refractivity contribution in [2.24, 2.45) is 5.41 Å². The van der Waals surface area contributed by atoms with Crippen molar-refractivity contribution in [3.63, 3.8) is 0 Å². The van der Waals surface area contributed by atoms with Crippen molar-refractivity contribution < 1.29 is 4.79 Å². The van der Waals surface area contributed by atoms with Gasteiger partial charge in [0.05, 0.1) is 5.02 Å². The molecule has 0 saturated carbocycles. The Morgan fingerprint density at radius 1 is 1.40 bits per heavy atom. The van der Waals surface area contributed by atoms with Crippen LogP contribution in [0.4, 0.5) is 0 Å². The van der Waals surface area contributed by atoms with Crippen molar-refractivity contribution in [3.8, 4) is 0 Å². The van der Waals surface area contributed by atoms with Crippen molar-refractivity contribution >= 4 is 45.8 Å². The fraction of sp³-hybridized carbons (Fsp3) is 0.500. The van der Waals surface area contributed by atoms with Crippen LogP contribution in [0.2, 0.25) is 5.02 Å². The third-order valence-corrected chi connectivity index (χ3v) is 5.44. The van der Waals surface area contributed by atoms with Gasteiger partial charge in [-0.1, -0.05) is 11.6 Å². The van der Waals surface area contributed by atoms with Crippen LogP contribution in [0.25, 0.3) is 0 Å². The molecular weight excluding hydrogens is 363 g/mol. The maximum Gasteiger partial charge on any atom is 0.253 e. The van der Waals surface area contributed by atoms with E-state index in [0.29, 0.717) is 16.0 Å². The van der Waals surface area contributed by atoms with E-state index < -0.39 is 0 Å². The van der Waals surface area contributed by atoms with Gasteiger partial charge in [0.1, 0.15) is 0 Å². The van der Waals surface area contributed by atoms with Crippen molar-refractivity contribution in [1.29, 1.82) is 0 Å². The zero-order chi connectivity index (χ0) is 13.5. The van der Waals surface area contributed by atoms with Crippen molar-refractivity contribution in [1.82, 2.24) is 10.2 Å². The molecule has 20 heavy (non-hydrogen) atoms. The average molecular weight is 380 g/mol. The molecule has 6 heteroatoms. The van der Waals surface area contributed by atoms with Gasteiger partial charge in [-0.15, -0.1) is 12.4 Å². The van der Waals surface area contributed by atoms with Gasteiger partial charge < -0.3 is 10.2 Å². The van der Waals surface area contributed by atoms with Gasteiger partial charge in [-0.3, -0.25) is 4.79 Å². The van der Waals surface area contributed by atoms with Crippen LogP contribution in [0.3, 0.4) is 0 Å². The molecule has 2 fully saturated rings. The molecule has 3 nitrogen and oxygen atoms in total. The molecule has 0 radical (unpaired) electrons. The van der Waals surface area contributed by atoms with Gasteiger partial charge in [0, 0.05) is 35.1 Å². The molecule has 1 unspecified atom stereocenters. The Balaban J connectivity index is 0.00000147. The number of nitrogens with zero attached hydrogens (tertiary/aromatic N) is 1. The largest absolute Gasteiger partial charge is 0.338 e. The lowest BCUT2D eigenvalue weighted by atomic mass is 9.86. The highest BCUT2D eigenvalue weighted by molar-refractivity contribution is 9.10. The van der Waals surface area contributed by atoms with Crippen LogP contribution in [0.15, 0.2) is 22.7 Å². The normalized spacial score (nSPS) is 25.0. The molecular formula is C14H17BrCl2N2O. The van der Waals surface area contributed by atoms with E-state index in [2.05, 4.69) is 21.2 Å². The third-order valence-electron chi connectivity index (χ3n) is 4.22. The predicted octanol–water partition coefficient (Wildman–Crippen LogP) is 3.35. The Morgan fingerprint density at radius 3 is 2.85 bits per heavy atom. The minimum atomic E-state index is 0. The average Bonchev–Trinajstić information content (AvgIpc) is 3.03. The van der Waals surface area contributed by atoms with Crippen molar-refractivity contribution in [2.75, 3.05) is 26.2 Å². The number of rotatable bonds is 1. The van der Waals surface area contributed by atoms with E-state index in [4.69, 9.17) is 11.6 Å². The number of likely N-dealkylation sites (tertiary alicyclic amines) is 1. The number of hydrogen-bond acceptors (Lipinski definition) is 2. The Kier molecular flexibility index (Phi) is 5.00. The highest BCUT2D eigenvalue weighted by atomic mass is 79.9. The molecule has 2 aliphatic rings. The monoisotopic (exact) mass is 378 g/mol. The molecule has 2 aliphatic heterocycles. The summed E-state index contributed by atoms with van der Waals surface area (Å²) in [6, 6.07) is 5.37. The summed E-state index contributed by atoms with van der Waals surface area (Å²) < 4.78 is 0.774. The summed E-state index contributed by atoms with van der Waals surface area (Å²) in [5.74, 6) is 0.112. The van der Waals surface area contributed by atoms with Gasteiger partial charge in [-0.25, -0.2) is 0 Å². The standard InChI is InChI=1S/C14H16BrClN2O.ClH/c15-11-7-10(1-2-12(11)16)13(19)18-6-4-14(9-18)3-5-17-8-14;/h1-2,7,17H,3-6,8-9H2;1H. The number of amides is 1. The van der Waals surface area contributed by atoms with E-state index in [-0.39, 0.29) is 18.3 Å². The highest BCUT2D eigenvalue weighted by Gasteiger charge is 2.41. The SMILES string of the molecule is Cl.O=C(c1ccc(Cl)c(Br)c1)N1CCC2(CCNC2)C1. The first kappa shape index (κ1) is 16.1. The summed E-state index contributed by atoms with van der Waals surface area (Å²) in [6.07, 6.45) is 2.29.